The van der Waals surface area contributed by atoms with Crippen molar-refractivity contribution < 1.29 is 19.4 Å². The van der Waals surface area contributed by atoms with Crippen molar-refractivity contribution in [3.63, 3.8) is 0 Å². The molecule has 0 saturated heterocycles. The number of nitrogens with one attached hydrogen (secondary N) is 1. The molecule has 0 saturated carbocycles. The number of methoxy groups -OCH3 is 1. The molecule has 0 aliphatic rings. The molecule has 4 aromatic rings. The molecule has 4 N–H and O–H groups in total. The number of aryl methyl sites for hydroxylation is 2. The van der Waals surface area contributed by atoms with Gasteiger partial charge in [-0.05, 0) is 42.3 Å². The highest BCUT2D eigenvalue weighted by Crippen LogP contribution is 2.31. The van der Waals surface area contributed by atoms with Crippen molar-refractivity contribution in [2.45, 2.75) is 19.5 Å². The van der Waals surface area contributed by atoms with E-state index in [2.05, 4.69) is 15.4 Å². The van der Waals surface area contributed by atoms with E-state index in [1.165, 1.54) is 11.8 Å². The molecule has 2 aromatic carbocycles. The highest BCUT2D eigenvalue weighted by atomic mass is 16.5. The van der Waals surface area contributed by atoms with E-state index >= 15 is 0 Å². The number of carbonyl (C=O) groups excluding carboxylic acids is 2. The lowest BCUT2D eigenvalue weighted by molar-refractivity contribution is -0.117. The van der Waals surface area contributed by atoms with Gasteiger partial charge in [0.25, 0.3) is 0 Å². The Balaban J connectivity index is 1.72. The van der Waals surface area contributed by atoms with Crippen molar-refractivity contribution in [3.05, 3.63) is 66.0 Å². The molecule has 0 atom stereocenters. The molecule has 10 nitrogen and oxygen atoms in total. The highest BCUT2D eigenvalue weighted by molar-refractivity contribution is 5.99. The lowest BCUT2D eigenvalue weighted by atomic mass is 10.1. The summed E-state index contributed by atoms with van der Waals surface area (Å²) in [5.74, 6) is 0.0177. The largest absolute Gasteiger partial charge is 0.508 e. The number of fused-ring (bicyclic) bond motifs is 1. The van der Waals surface area contributed by atoms with Crippen LogP contribution < -0.4 is 15.8 Å². The van der Waals surface area contributed by atoms with Gasteiger partial charge in [-0.3, -0.25) is 19.6 Å². The first-order chi connectivity index (χ1) is 15.4. The summed E-state index contributed by atoms with van der Waals surface area (Å²) in [7, 11) is 1.49. The van der Waals surface area contributed by atoms with Crippen LogP contribution >= 0.6 is 0 Å². The molecular formula is C22H22N6O4. The van der Waals surface area contributed by atoms with E-state index in [0.717, 1.165) is 5.56 Å². The van der Waals surface area contributed by atoms with Crippen LogP contribution in [0.4, 0.5) is 5.95 Å². The number of primary amides is 1. The van der Waals surface area contributed by atoms with E-state index in [0.29, 0.717) is 35.7 Å². The summed E-state index contributed by atoms with van der Waals surface area (Å²) in [4.78, 5) is 28.9. The number of nitrogens with zero attached hydrogens (tertiary/aromatic N) is 4. The molecule has 2 heterocycles. The second-order valence-electron chi connectivity index (χ2n) is 7.17. The maximum absolute atomic E-state index is 12.6. The first-order valence-corrected chi connectivity index (χ1v) is 9.88. The number of nitrogens with two attached hydrogens (primary N) is 1. The normalized spacial score (nSPS) is 10.9. The van der Waals surface area contributed by atoms with Crippen LogP contribution in [0.1, 0.15) is 15.9 Å². The molecule has 0 unspecified atom stereocenters. The smallest absolute Gasteiger partial charge is 0.248 e. The molecule has 0 radical (unpaired) electrons. The number of phenols is 1. The number of aromatic nitrogens is 4. The fourth-order valence-electron chi connectivity index (χ4n) is 3.45. The Morgan fingerprint density at radius 3 is 2.66 bits per heavy atom. The maximum atomic E-state index is 12.6. The number of rotatable bonds is 8. The average molecular weight is 434 g/mol. The van der Waals surface area contributed by atoms with E-state index in [9.17, 15) is 14.7 Å². The zero-order valence-corrected chi connectivity index (χ0v) is 17.4. The molecule has 4 rings (SSSR count). The number of anilines is 1. The van der Waals surface area contributed by atoms with Gasteiger partial charge >= 0.3 is 0 Å². The Hall–Kier alpha value is -4.34. The first-order valence-electron chi connectivity index (χ1n) is 9.88. The lowest BCUT2D eigenvalue weighted by Crippen LogP contribution is -2.21. The van der Waals surface area contributed by atoms with E-state index in [-0.39, 0.29) is 23.8 Å². The lowest BCUT2D eigenvalue weighted by Gasteiger charge is -2.12. The Labute approximate surface area is 183 Å². The SMILES string of the molecule is COc1cc(C(N)=O)cc2nc(NC(=O)Cn3cccn3)n(CCc3ccc(O)cc3)c12. The van der Waals surface area contributed by atoms with Gasteiger partial charge in [0, 0.05) is 24.5 Å². The maximum Gasteiger partial charge on any atom is 0.248 e. The molecule has 164 valence electrons. The highest BCUT2D eigenvalue weighted by Gasteiger charge is 2.19. The Kier molecular flexibility index (Phi) is 5.75. The van der Waals surface area contributed by atoms with Crippen molar-refractivity contribution in [3.8, 4) is 11.5 Å². The van der Waals surface area contributed by atoms with Gasteiger partial charge in [0.1, 0.15) is 23.6 Å². The van der Waals surface area contributed by atoms with Gasteiger partial charge in [-0.2, -0.15) is 5.10 Å². The molecule has 10 heteroatoms. The number of ether oxygens (including phenoxy) is 1. The average Bonchev–Trinajstić information content (AvgIpc) is 3.40. The van der Waals surface area contributed by atoms with Crippen molar-refractivity contribution >= 4 is 28.8 Å². The van der Waals surface area contributed by atoms with E-state index in [4.69, 9.17) is 10.5 Å². The van der Waals surface area contributed by atoms with Crippen LogP contribution in [0.25, 0.3) is 11.0 Å². The predicted octanol–water partition coefficient (Wildman–Crippen LogP) is 1.93. The monoisotopic (exact) mass is 434 g/mol. The number of carbonyl (C=O) groups is 2. The first kappa shape index (κ1) is 20.9. The van der Waals surface area contributed by atoms with Gasteiger partial charge in [0.2, 0.25) is 17.8 Å². The minimum absolute atomic E-state index is 0.0256. The van der Waals surface area contributed by atoms with Gasteiger partial charge in [-0.25, -0.2) is 4.98 Å². The third-order valence-corrected chi connectivity index (χ3v) is 4.99. The summed E-state index contributed by atoms with van der Waals surface area (Å²) in [6.07, 6.45) is 3.89. The van der Waals surface area contributed by atoms with Gasteiger partial charge < -0.3 is 20.1 Å². The number of phenolic OH excluding ortho intramolecular Hbond substituents is 1. The molecule has 2 aromatic heterocycles. The van der Waals surface area contributed by atoms with Gasteiger partial charge in [-0.15, -0.1) is 0 Å². The van der Waals surface area contributed by atoms with E-state index in [1.807, 2.05) is 16.7 Å². The van der Waals surface area contributed by atoms with Crippen LogP contribution in [0, 0.1) is 0 Å². The number of hydrogen-bond donors (Lipinski definition) is 3. The molecule has 0 fully saturated rings. The molecule has 0 aliphatic heterocycles. The summed E-state index contributed by atoms with van der Waals surface area (Å²) in [5.41, 5.74) is 7.80. The van der Waals surface area contributed by atoms with Crippen molar-refractivity contribution in [1.82, 2.24) is 19.3 Å². The number of benzene rings is 2. The molecule has 0 bridgehead atoms. The van der Waals surface area contributed by atoms with Crippen LogP contribution in [0.3, 0.4) is 0 Å². The van der Waals surface area contributed by atoms with E-state index in [1.54, 1.807) is 42.7 Å². The second kappa shape index (κ2) is 8.80. The Bertz CT molecular complexity index is 1260. The van der Waals surface area contributed by atoms with Crippen LogP contribution in [-0.4, -0.2) is 43.4 Å². The molecule has 2 amide bonds. The third kappa shape index (κ3) is 4.38. The van der Waals surface area contributed by atoms with Gasteiger partial charge in [0.05, 0.1) is 12.6 Å². The molecular weight excluding hydrogens is 412 g/mol. The number of imidazole rings is 1. The summed E-state index contributed by atoms with van der Waals surface area (Å²) in [6, 6.07) is 11.7. The molecule has 0 spiro atoms. The minimum atomic E-state index is -0.604. The fourth-order valence-corrected chi connectivity index (χ4v) is 3.45. The predicted molar refractivity (Wildman–Crippen MR) is 117 cm³/mol. The number of amides is 2. The summed E-state index contributed by atoms with van der Waals surface area (Å²) in [5, 5.41) is 16.4. The summed E-state index contributed by atoms with van der Waals surface area (Å²) in [6.45, 7) is 0.489. The minimum Gasteiger partial charge on any atom is -0.508 e. The fraction of sp³-hybridized carbons (Fsp3) is 0.182. The summed E-state index contributed by atoms with van der Waals surface area (Å²) < 4.78 is 8.83. The van der Waals surface area contributed by atoms with Crippen molar-refractivity contribution in [1.29, 1.82) is 0 Å². The Morgan fingerprint density at radius 1 is 1.22 bits per heavy atom. The van der Waals surface area contributed by atoms with Crippen molar-refractivity contribution in [2.75, 3.05) is 12.4 Å². The summed E-state index contributed by atoms with van der Waals surface area (Å²) >= 11 is 0. The third-order valence-electron chi connectivity index (χ3n) is 4.99. The Morgan fingerprint density at radius 2 is 2.00 bits per heavy atom. The standard InChI is InChI=1S/C22H22N6O4/c1-32-18-12-15(21(23)31)11-17-20(18)28(10-7-14-3-5-16(29)6-4-14)22(25-17)26-19(30)13-27-9-2-8-24-27/h2-6,8-9,11-12,29H,7,10,13H2,1H3,(H2,23,31)(H,25,26,30). The van der Waals surface area contributed by atoms with Crippen LogP contribution in [-0.2, 0) is 24.3 Å². The second-order valence-corrected chi connectivity index (χ2v) is 7.17. The number of aromatic hydroxyl groups is 1. The van der Waals surface area contributed by atoms with Crippen LogP contribution in [0.2, 0.25) is 0 Å². The topological polar surface area (TPSA) is 137 Å². The zero-order valence-electron chi connectivity index (χ0n) is 17.4. The van der Waals surface area contributed by atoms with Gasteiger partial charge in [-0.1, -0.05) is 12.1 Å². The molecule has 0 aliphatic carbocycles. The number of hydrogen-bond acceptors (Lipinski definition) is 6. The van der Waals surface area contributed by atoms with Gasteiger partial charge in [0.15, 0.2) is 0 Å². The molecule has 32 heavy (non-hydrogen) atoms. The van der Waals surface area contributed by atoms with Crippen LogP contribution in [0.15, 0.2) is 54.9 Å². The van der Waals surface area contributed by atoms with Crippen molar-refractivity contribution in [2.24, 2.45) is 5.73 Å². The zero-order chi connectivity index (χ0) is 22.7. The van der Waals surface area contributed by atoms with E-state index < -0.39 is 5.91 Å². The van der Waals surface area contributed by atoms with Crippen LogP contribution in [0.5, 0.6) is 11.5 Å². The quantitative estimate of drug-likeness (QED) is 0.387.